The highest BCUT2D eigenvalue weighted by Crippen LogP contribution is 2.25. The molecule has 0 saturated carbocycles. The van der Waals surface area contributed by atoms with Gasteiger partial charge in [0.05, 0.1) is 26.5 Å². The van der Waals surface area contributed by atoms with Gasteiger partial charge in [-0.25, -0.2) is 27.1 Å². The van der Waals surface area contributed by atoms with Crippen molar-refractivity contribution in [1.82, 2.24) is 14.7 Å². The Hall–Kier alpha value is -2.93. The van der Waals surface area contributed by atoms with Gasteiger partial charge in [-0.2, -0.15) is 4.98 Å². The number of benzene rings is 2. The Morgan fingerprint density at radius 1 is 1.11 bits per heavy atom. The van der Waals surface area contributed by atoms with Crippen LogP contribution in [0.1, 0.15) is 12.8 Å². The Kier molecular flexibility index (Phi) is 7.75. The predicted molar refractivity (Wildman–Crippen MR) is 139 cm³/mol. The summed E-state index contributed by atoms with van der Waals surface area (Å²) in [6.07, 6.45) is 2.94. The third kappa shape index (κ3) is 6.60. The second-order valence-electron chi connectivity index (χ2n) is 7.90. The summed E-state index contributed by atoms with van der Waals surface area (Å²) >= 11 is 5.90. The maximum Gasteiger partial charge on any atom is 0.240 e. The molecular formula is C22H26ClN7O3S2. The first-order valence-corrected chi connectivity index (χ1v) is 14.6. The number of rotatable bonds is 6. The summed E-state index contributed by atoms with van der Waals surface area (Å²) < 4.78 is 48.5. The fraction of sp³-hybridized carbons (Fsp3) is 0.273. The lowest BCUT2D eigenvalue weighted by Gasteiger charge is -2.14. The molecule has 0 fully saturated rings. The molecule has 0 aliphatic carbocycles. The van der Waals surface area contributed by atoms with Gasteiger partial charge in [-0.15, -0.1) is 0 Å². The number of fused-ring (bicyclic) bond motifs is 4. The van der Waals surface area contributed by atoms with Crippen molar-refractivity contribution in [2.24, 2.45) is 0 Å². The van der Waals surface area contributed by atoms with Crippen LogP contribution in [0.5, 0.6) is 0 Å². The number of anilines is 4. The number of nitrogens with zero attached hydrogens (tertiary/aromatic N) is 2. The Balaban J connectivity index is 1.45. The van der Waals surface area contributed by atoms with Crippen LogP contribution in [0, 0.1) is 4.78 Å². The molecule has 0 saturated heterocycles. The lowest BCUT2D eigenvalue weighted by molar-refractivity contribution is 0.583. The average molecular weight is 536 g/mol. The van der Waals surface area contributed by atoms with Gasteiger partial charge in [0.1, 0.15) is 0 Å². The molecule has 1 aromatic heterocycles. The summed E-state index contributed by atoms with van der Waals surface area (Å²) in [6, 6.07) is 13.0. The normalized spacial score (nSPS) is 18.2. The number of nitrogens with one attached hydrogen (secondary N) is 5. The van der Waals surface area contributed by atoms with E-state index in [4.69, 9.17) is 16.4 Å². The molecule has 4 bridgehead atoms. The topological polar surface area (TPSA) is 149 Å². The fourth-order valence-electron chi connectivity index (χ4n) is 3.47. The van der Waals surface area contributed by atoms with E-state index in [1.54, 1.807) is 42.6 Å². The minimum Gasteiger partial charge on any atom is -0.379 e. The van der Waals surface area contributed by atoms with Crippen LogP contribution >= 0.6 is 11.6 Å². The van der Waals surface area contributed by atoms with Crippen LogP contribution in [0.3, 0.4) is 0 Å². The molecule has 35 heavy (non-hydrogen) atoms. The first-order chi connectivity index (χ1) is 16.7. The number of hydrogen-bond acceptors (Lipinski definition) is 9. The van der Waals surface area contributed by atoms with Gasteiger partial charge < -0.3 is 16.0 Å². The van der Waals surface area contributed by atoms with Crippen molar-refractivity contribution in [3.8, 4) is 0 Å². The third-order valence-corrected chi connectivity index (χ3v) is 8.82. The van der Waals surface area contributed by atoms with Crippen LogP contribution < -0.4 is 20.7 Å². The molecule has 0 amide bonds. The van der Waals surface area contributed by atoms with Crippen molar-refractivity contribution < 1.29 is 12.6 Å². The van der Waals surface area contributed by atoms with Gasteiger partial charge in [0.25, 0.3) is 0 Å². The highest BCUT2D eigenvalue weighted by atomic mass is 35.5. The molecule has 1 atom stereocenters. The van der Waals surface area contributed by atoms with E-state index in [-0.39, 0.29) is 17.2 Å². The first-order valence-electron chi connectivity index (χ1n) is 11.0. The number of aromatic nitrogens is 2. The van der Waals surface area contributed by atoms with Crippen LogP contribution in [0.25, 0.3) is 0 Å². The van der Waals surface area contributed by atoms with Gasteiger partial charge in [0.2, 0.25) is 16.0 Å². The average Bonchev–Trinajstić information content (AvgIpc) is 2.83. The van der Waals surface area contributed by atoms with Crippen molar-refractivity contribution in [2.75, 3.05) is 41.3 Å². The predicted octanol–water partition coefficient (Wildman–Crippen LogP) is 3.88. The van der Waals surface area contributed by atoms with Gasteiger partial charge in [-0.3, -0.25) is 0 Å². The Bertz CT molecular complexity index is 1420. The van der Waals surface area contributed by atoms with Gasteiger partial charge in [0.15, 0.2) is 5.82 Å². The van der Waals surface area contributed by atoms with Crippen LogP contribution in [0.4, 0.5) is 23.1 Å². The molecule has 13 heteroatoms. The summed E-state index contributed by atoms with van der Waals surface area (Å²) in [5.74, 6) is 1.18. The van der Waals surface area contributed by atoms with E-state index in [1.165, 1.54) is 12.1 Å². The van der Waals surface area contributed by atoms with Gasteiger partial charge >= 0.3 is 0 Å². The molecule has 1 aliphatic heterocycles. The van der Waals surface area contributed by atoms with Crippen LogP contribution in [-0.4, -0.2) is 48.0 Å². The summed E-state index contributed by atoms with van der Waals surface area (Å²) in [5, 5.41) is 9.86. The van der Waals surface area contributed by atoms with E-state index >= 15 is 0 Å². The molecule has 186 valence electrons. The molecule has 1 aliphatic rings. The van der Waals surface area contributed by atoms with E-state index in [9.17, 15) is 12.6 Å². The molecule has 0 spiro atoms. The van der Waals surface area contributed by atoms with E-state index in [2.05, 4.69) is 30.6 Å². The summed E-state index contributed by atoms with van der Waals surface area (Å²) in [6.45, 7) is 1.01. The smallest absolute Gasteiger partial charge is 0.240 e. The second-order valence-corrected chi connectivity index (χ2v) is 12.3. The lowest BCUT2D eigenvalue weighted by Crippen LogP contribution is -2.29. The van der Waals surface area contributed by atoms with Crippen LogP contribution in [0.2, 0.25) is 5.02 Å². The number of sulfonamides is 1. The van der Waals surface area contributed by atoms with E-state index < -0.39 is 19.8 Å². The zero-order valence-electron chi connectivity index (χ0n) is 18.8. The zero-order valence-corrected chi connectivity index (χ0v) is 21.1. The van der Waals surface area contributed by atoms with Gasteiger partial charge in [-0.1, -0.05) is 23.7 Å². The Labute approximate surface area is 210 Å². The molecule has 4 rings (SSSR count). The minimum absolute atomic E-state index is 0.101. The summed E-state index contributed by atoms with van der Waals surface area (Å²) in [7, 11) is -6.56. The summed E-state index contributed by atoms with van der Waals surface area (Å²) in [4.78, 5) is 9.46. The quantitative estimate of drug-likeness (QED) is 0.298. The molecule has 0 radical (unpaired) electrons. The van der Waals surface area contributed by atoms with Gasteiger partial charge in [-0.05, 0) is 49.2 Å². The molecular weight excluding hydrogens is 510 g/mol. The maximum atomic E-state index is 12.8. The minimum atomic E-state index is -3.68. The lowest BCUT2D eigenvalue weighted by atomic mass is 10.3. The Morgan fingerprint density at radius 3 is 2.77 bits per heavy atom. The van der Waals surface area contributed by atoms with Crippen molar-refractivity contribution in [2.45, 2.75) is 22.6 Å². The van der Waals surface area contributed by atoms with Crippen molar-refractivity contribution in [1.29, 1.82) is 4.78 Å². The first kappa shape index (κ1) is 25.2. The van der Waals surface area contributed by atoms with Crippen LogP contribution in [-0.2, 0) is 19.8 Å². The standard InChI is InChI=1S/C22H26ClN7O3S2/c23-16-5-3-8-19(13-16)35(32,33)28-11-10-25-20-15-27-22-29-17-6-4-7-18(14-17)34(24,31)12-2-1-9-26-21(20)30-22/h3-8,13-15,24-25,28H,1-2,9-12H2,(H2,26,27,29,30). The second kappa shape index (κ2) is 10.8. The highest BCUT2D eigenvalue weighted by molar-refractivity contribution is 7.92. The molecule has 2 heterocycles. The monoisotopic (exact) mass is 535 g/mol. The molecule has 3 aromatic rings. The van der Waals surface area contributed by atoms with Crippen molar-refractivity contribution in [3.05, 3.63) is 59.8 Å². The largest absolute Gasteiger partial charge is 0.379 e. The third-order valence-electron chi connectivity index (χ3n) is 5.25. The Morgan fingerprint density at radius 2 is 1.94 bits per heavy atom. The van der Waals surface area contributed by atoms with Crippen LogP contribution in [0.15, 0.2) is 64.5 Å². The molecule has 5 N–H and O–H groups in total. The molecule has 2 aromatic carbocycles. The van der Waals surface area contributed by atoms with E-state index in [0.29, 0.717) is 59.0 Å². The SMILES string of the molecule is N=S1(=O)CCCCNc2nc(ncc2NCCNS(=O)(=O)c2cccc(Cl)c2)Nc2cccc1c2. The van der Waals surface area contributed by atoms with E-state index in [0.717, 1.165) is 0 Å². The van der Waals surface area contributed by atoms with Gasteiger partial charge in [0, 0.05) is 41.0 Å². The highest BCUT2D eigenvalue weighted by Gasteiger charge is 2.15. The molecule has 1 unspecified atom stereocenters. The zero-order chi connectivity index (χ0) is 24.9. The number of hydrogen-bond donors (Lipinski definition) is 5. The molecule has 10 nitrogen and oxygen atoms in total. The number of halogens is 1. The van der Waals surface area contributed by atoms with Crippen molar-refractivity contribution in [3.63, 3.8) is 0 Å². The summed E-state index contributed by atoms with van der Waals surface area (Å²) in [5.41, 5.74) is 1.26. The van der Waals surface area contributed by atoms with E-state index in [1.807, 2.05) is 0 Å². The maximum absolute atomic E-state index is 12.8. The fourth-order valence-corrected chi connectivity index (χ4v) is 6.26. The van der Waals surface area contributed by atoms with Crippen molar-refractivity contribution >= 4 is 54.5 Å².